The van der Waals surface area contributed by atoms with Gasteiger partial charge in [-0.1, -0.05) is 34.6 Å². The van der Waals surface area contributed by atoms with Gasteiger partial charge in [0.15, 0.2) is 0 Å². The number of hydrogen-bond acceptors (Lipinski definition) is 0. The highest BCUT2D eigenvalue weighted by molar-refractivity contribution is 6.20. The Hall–Kier alpha value is 0.290. The highest BCUT2D eigenvalue weighted by Gasteiger charge is 2.35. The predicted molar refractivity (Wildman–Crippen MR) is 64.8 cm³/mol. The van der Waals surface area contributed by atoms with Crippen LogP contribution in [0.15, 0.2) is 0 Å². The average molecular weight is 217 g/mol. The van der Waals surface area contributed by atoms with Gasteiger partial charge in [0.05, 0.1) is 0 Å². The zero-order valence-corrected chi connectivity index (χ0v) is 11.1. The van der Waals surface area contributed by atoms with E-state index in [1.54, 1.807) is 0 Å². The van der Waals surface area contributed by atoms with Crippen LogP contribution in [0.1, 0.15) is 53.9 Å². The van der Waals surface area contributed by atoms with Crippen LogP contribution in [0.4, 0.5) is 0 Å². The molecular formula is C13H25Cl. The Labute approximate surface area is 94.4 Å². The quantitative estimate of drug-likeness (QED) is 0.587. The predicted octanol–water partition coefficient (Wildman–Crippen LogP) is 4.71. The Morgan fingerprint density at radius 2 is 1.79 bits per heavy atom. The van der Waals surface area contributed by atoms with Crippen molar-refractivity contribution in [3.63, 3.8) is 0 Å². The SMILES string of the molecule is CC1CC(C(Cl)C(C)C)CC(C)(C)C1. The first-order chi connectivity index (χ1) is 6.32. The minimum atomic E-state index is 0.372. The van der Waals surface area contributed by atoms with Crippen LogP contribution in [0, 0.1) is 23.2 Å². The summed E-state index contributed by atoms with van der Waals surface area (Å²) >= 11 is 6.49. The largest absolute Gasteiger partial charge is 0.122 e. The van der Waals surface area contributed by atoms with Gasteiger partial charge < -0.3 is 0 Å². The molecule has 0 nitrogen and oxygen atoms in total. The fourth-order valence-corrected chi connectivity index (χ4v) is 3.40. The molecule has 0 spiro atoms. The molecule has 0 amide bonds. The number of alkyl halides is 1. The van der Waals surface area contributed by atoms with Crippen molar-refractivity contribution in [3.8, 4) is 0 Å². The highest BCUT2D eigenvalue weighted by atomic mass is 35.5. The second-order valence-corrected chi connectivity index (χ2v) is 6.87. The second kappa shape index (κ2) is 4.43. The molecule has 1 fully saturated rings. The Morgan fingerprint density at radius 1 is 1.21 bits per heavy atom. The lowest BCUT2D eigenvalue weighted by Gasteiger charge is -2.41. The maximum Gasteiger partial charge on any atom is 0.0387 e. The van der Waals surface area contributed by atoms with Crippen molar-refractivity contribution in [2.24, 2.45) is 23.2 Å². The molecule has 0 aromatic rings. The third-order valence-electron chi connectivity index (χ3n) is 3.51. The van der Waals surface area contributed by atoms with Crippen molar-refractivity contribution in [1.82, 2.24) is 0 Å². The summed E-state index contributed by atoms with van der Waals surface area (Å²) in [6.45, 7) is 11.6. The smallest absolute Gasteiger partial charge is 0.0387 e. The van der Waals surface area contributed by atoms with Gasteiger partial charge >= 0.3 is 0 Å². The monoisotopic (exact) mass is 216 g/mol. The number of halogens is 1. The van der Waals surface area contributed by atoms with Crippen LogP contribution in [0.3, 0.4) is 0 Å². The minimum absolute atomic E-state index is 0.372. The number of rotatable bonds is 2. The van der Waals surface area contributed by atoms with Gasteiger partial charge in [0.25, 0.3) is 0 Å². The van der Waals surface area contributed by atoms with E-state index in [4.69, 9.17) is 11.6 Å². The standard InChI is InChI=1S/C13H25Cl/c1-9(2)12(14)11-6-10(3)7-13(4,5)8-11/h9-12H,6-8H2,1-5H3. The van der Waals surface area contributed by atoms with Gasteiger partial charge in [-0.3, -0.25) is 0 Å². The van der Waals surface area contributed by atoms with E-state index in [0.717, 1.165) is 11.8 Å². The molecule has 1 saturated carbocycles. The molecule has 0 heterocycles. The zero-order valence-electron chi connectivity index (χ0n) is 10.3. The topological polar surface area (TPSA) is 0 Å². The summed E-state index contributed by atoms with van der Waals surface area (Å²) in [5.41, 5.74) is 0.504. The van der Waals surface area contributed by atoms with E-state index in [9.17, 15) is 0 Å². The molecule has 0 N–H and O–H groups in total. The van der Waals surface area contributed by atoms with E-state index in [2.05, 4.69) is 34.6 Å². The molecule has 0 radical (unpaired) electrons. The van der Waals surface area contributed by atoms with E-state index >= 15 is 0 Å². The van der Waals surface area contributed by atoms with Crippen molar-refractivity contribution in [1.29, 1.82) is 0 Å². The number of hydrogen-bond donors (Lipinski definition) is 0. The summed E-state index contributed by atoms with van der Waals surface area (Å²) in [4.78, 5) is 0. The molecule has 0 saturated heterocycles. The zero-order chi connectivity index (χ0) is 10.9. The lowest BCUT2D eigenvalue weighted by molar-refractivity contribution is 0.122. The second-order valence-electron chi connectivity index (χ2n) is 6.36. The van der Waals surface area contributed by atoms with Crippen LogP contribution in [-0.4, -0.2) is 5.38 Å². The third-order valence-corrected chi connectivity index (χ3v) is 4.37. The molecule has 1 aliphatic carbocycles. The summed E-state index contributed by atoms with van der Waals surface area (Å²) in [5.74, 6) is 2.20. The van der Waals surface area contributed by atoms with Crippen molar-refractivity contribution in [2.75, 3.05) is 0 Å². The van der Waals surface area contributed by atoms with Crippen molar-refractivity contribution >= 4 is 11.6 Å². The fourth-order valence-electron chi connectivity index (χ4n) is 3.21. The Kier molecular flexibility index (Phi) is 3.91. The maximum atomic E-state index is 6.49. The van der Waals surface area contributed by atoms with E-state index in [1.807, 2.05) is 0 Å². The van der Waals surface area contributed by atoms with Crippen LogP contribution in [0.25, 0.3) is 0 Å². The lowest BCUT2D eigenvalue weighted by Crippen LogP contribution is -2.34. The van der Waals surface area contributed by atoms with E-state index in [1.165, 1.54) is 19.3 Å². The molecular weight excluding hydrogens is 192 g/mol. The van der Waals surface area contributed by atoms with E-state index < -0.39 is 0 Å². The summed E-state index contributed by atoms with van der Waals surface area (Å²) in [5, 5.41) is 0.372. The van der Waals surface area contributed by atoms with Crippen LogP contribution in [-0.2, 0) is 0 Å². The highest BCUT2D eigenvalue weighted by Crippen LogP contribution is 2.45. The van der Waals surface area contributed by atoms with Gasteiger partial charge in [-0.25, -0.2) is 0 Å². The molecule has 0 aliphatic heterocycles. The van der Waals surface area contributed by atoms with Crippen molar-refractivity contribution < 1.29 is 0 Å². The first-order valence-electron chi connectivity index (χ1n) is 5.96. The van der Waals surface area contributed by atoms with Gasteiger partial charge in [-0.15, -0.1) is 11.6 Å². The minimum Gasteiger partial charge on any atom is -0.122 e. The van der Waals surface area contributed by atoms with Crippen LogP contribution in [0.5, 0.6) is 0 Å². The van der Waals surface area contributed by atoms with Gasteiger partial charge in [0.2, 0.25) is 0 Å². The molecule has 0 bridgehead atoms. The molecule has 0 aromatic carbocycles. The fraction of sp³-hybridized carbons (Fsp3) is 1.00. The Bertz CT molecular complexity index is 184. The molecule has 0 aromatic heterocycles. The first-order valence-corrected chi connectivity index (χ1v) is 6.39. The summed E-state index contributed by atoms with van der Waals surface area (Å²) < 4.78 is 0. The summed E-state index contributed by atoms with van der Waals surface area (Å²) in [6, 6.07) is 0. The van der Waals surface area contributed by atoms with Crippen molar-refractivity contribution in [3.05, 3.63) is 0 Å². The van der Waals surface area contributed by atoms with Gasteiger partial charge in [0.1, 0.15) is 0 Å². The molecule has 1 rings (SSSR count). The molecule has 84 valence electrons. The molecule has 14 heavy (non-hydrogen) atoms. The van der Waals surface area contributed by atoms with Crippen LogP contribution < -0.4 is 0 Å². The molecule has 1 aliphatic rings. The molecule has 3 atom stereocenters. The molecule has 1 heteroatoms. The lowest BCUT2D eigenvalue weighted by atomic mass is 9.66. The van der Waals surface area contributed by atoms with Gasteiger partial charge in [-0.05, 0) is 42.4 Å². The Morgan fingerprint density at radius 3 is 2.21 bits per heavy atom. The van der Waals surface area contributed by atoms with Crippen LogP contribution in [0.2, 0.25) is 0 Å². The maximum absolute atomic E-state index is 6.49. The first kappa shape index (κ1) is 12.4. The van der Waals surface area contributed by atoms with E-state index in [0.29, 0.717) is 16.7 Å². The normalized spacial score (nSPS) is 34.5. The van der Waals surface area contributed by atoms with Gasteiger partial charge in [0, 0.05) is 5.38 Å². The third kappa shape index (κ3) is 3.15. The van der Waals surface area contributed by atoms with Crippen LogP contribution >= 0.6 is 11.6 Å². The average Bonchev–Trinajstić information content (AvgIpc) is 1.98. The van der Waals surface area contributed by atoms with Crippen molar-refractivity contribution in [2.45, 2.75) is 59.3 Å². The summed E-state index contributed by atoms with van der Waals surface area (Å²) in [7, 11) is 0. The van der Waals surface area contributed by atoms with E-state index in [-0.39, 0.29) is 0 Å². The summed E-state index contributed by atoms with van der Waals surface area (Å²) in [6.07, 6.45) is 4.00. The molecule has 3 unspecified atom stereocenters. The van der Waals surface area contributed by atoms with Gasteiger partial charge in [-0.2, -0.15) is 0 Å². The Balaban J connectivity index is 2.62.